The first kappa shape index (κ1) is 11.6. The van der Waals surface area contributed by atoms with Gasteiger partial charge >= 0.3 is 0 Å². The summed E-state index contributed by atoms with van der Waals surface area (Å²) in [6.45, 7) is 5.27. The SMILES string of the molecule is CC(C)Cc1ccc(C2OCCC2N)cc1. The quantitative estimate of drug-likeness (QED) is 0.848. The first-order valence-electron chi connectivity index (χ1n) is 6.13. The van der Waals surface area contributed by atoms with Crippen LogP contribution in [0.1, 0.15) is 37.5 Å². The monoisotopic (exact) mass is 219 g/mol. The molecule has 16 heavy (non-hydrogen) atoms. The molecule has 88 valence electrons. The third kappa shape index (κ3) is 2.63. The number of rotatable bonds is 3. The van der Waals surface area contributed by atoms with Gasteiger partial charge in [0.15, 0.2) is 0 Å². The summed E-state index contributed by atoms with van der Waals surface area (Å²) in [4.78, 5) is 0. The standard InChI is InChI=1S/C14H21NO/c1-10(2)9-11-3-5-12(6-4-11)14-13(15)7-8-16-14/h3-6,10,13-14H,7-9,15H2,1-2H3. The van der Waals surface area contributed by atoms with Crippen molar-refractivity contribution in [3.63, 3.8) is 0 Å². The number of hydrogen-bond acceptors (Lipinski definition) is 2. The van der Waals surface area contributed by atoms with Crippen LogP contribution in [-0.4, -0.2) is 12.6 Å². The predicted octanol–water partition coefficient (Wildman–Crippen LogP) is 2.67. The van der Waals surface area contributed by atoms with Crippen LogP contribution in [0, 0.1) is 5.92 Å². The van der Waals surface area contributed by atoms with Gasteiger partial charge in [-0.05, 0) is 29.9 Å². The molecule has 0 bridgehead atoms. The Morgan fingerprint density at radius 2 is 2.00 bits per heavy atom. The predicted molar refractivity (Wildman–Crippen MR) is 66.3 cm³/mol. The van der Waals surface area contributed by atoms with Crippen LogP contribution in [-0.2, 0) is 11.2 Å². The molecule has 0 radical (unpaired) electrons. The lowest BCUT2D eigenvalue weighted by atomic mass is 9.98. The van der Waals surface area contributed by atoms with Gasteiger partial charge in [-0.25, -0.2) is 0 Å². The van der Waals surface area contributed by atoms with Crippen LogP contribution in [0.15, 0.2) is 24.3 Å². The lowest BCUT2D eigenvalue weighted by Gasteiger charge is -2.15. The van der Waals surface area contributed by atoms with E-state index in [1.807, 2.05) is 0 Å². The van der Waals surface area contributed by atoms with Crippen LogP contribution in [0.3, 0.4) is 0 Å². The smallest absolute Gasteiger partial charge is 0.0976 e. The fraction of sp³-hybridized carbons (Fsp3) is 0.571. The second kappa shape index (κ2) is 4.98. The maximum atomic E-state index is 6.00. The molecule has 2 rings (SSSR count). The highest BCUT2D eigenvalue weighted by Crippen LogP contribution is 2.27. The van der Waals surface area contributed by atoms with Crippen molar-refractivity contribution in [1.82, 2.24) is 0 Å². The minimum Gasteiger partial charge on any atom is -0.372 e. The highest BCUT2D eigenvalue weighted by atomic mass is 16.5. The Bertz CT molecular complexity index is 331. The molecule has 2 heteroatoms. The molecule has 2 nitrogen and oxygen atoms in total. The van der Waals surface area contributed by atoms with Crippen LogP contribution in [0.25, 0.3) is 0 Å². The Balaban J connectivity index is 2.07. The maximum Gasteiger partial charge on any atom is 0.0976 e. The van der Waals surface area contributed by atoms with Crippen molar-refractivity contribution in [1.29, 1.82) is 0 Å². The zero-order chi connectivity index (χ0) is 11.5. The Kier molecular flexibility index (Phi) is 3.62. The van der Waals surface area contributed by atoms with E-state index < -0.39 is 0 Å². The van der Waals surface area contributed by atoms with E-state index >= 15 is 0 Å². The highest BCUT2D eigenvalue weighted by molar-refractivity contribution is 5.26. The largest absolute Gasteiger partial charge is 0.372 e. The van der Waals surface area contributed by atoms with E-state index in [-0.39, 0.29) is 12.1 Å². The van der Waals surface area contributed by atoms with Crippen molar-refractivity contribution in [3.8, 4) is 0 Å². The topological polar surface area (TPSA) is 35.2 Å². The molecule has 1 aliphatic heterocycles. The van der Waals surface area contributed by atoms with Gasteiger partial charge < -0.3 is 10.5 Å². The van der Waals surface area contributed by atoms with Gasteiger partial charge in [-0.3, -0.25) is 0 Å². The fourth-order valence-electron chi connectivity index (χ4n) is 2.26. The molecule has 1 aromatic rings. The second-order valence-electron chi connectivity index (χ2n) is 5.08. The Hall–Kier alpha value is -0.860. The molecule has 1 aromatic carbocycles. The highest BCUT2D eigenvalue weighted by Gasteiger charge is 2.25. The van der Waals surface area contributed by atoms with Crippen molar-refractivity contribution < 1.29 is 4.74 Å². The molecule has 2 atom stereocenters. The molecule has 2 N–H and O–H groups in total. The Labute approximate surface area is 97.8 Å². The Morgan fingerprint density at radius 1 is 1.31 bits per heavy atom. The second-order valence-corrected chi connectivity index (χ2v) is 5.08. The molecule has 0 aliphatic carbocycles. The van der Waals surface area contributed by atoms with Gasteiger partial charge in [0.1, 0.15) is 0 Å². The van der Waals surface area contributed by atoms with E-state index in [4.69, 9.17) is 10.5 Å². The molecule has 2 unspecified atom stereocenters. The van der Waals surface area contributed by atoms with Crippen molar-refractivity contribution in [2.45, 2.75) is 38.8 Å². The summed E-state index contributed by atoms with van der Waals surface area (Å²) in [5.41, 5.74) is 8.62. The molecule has 1 fully saturated rings. The van der Waals surface area contributed by atoms with Gasteiger partial charge in [-0.1, -0.05) is 38.1 Å². The van der Waals surface area contributed by atoms with E-state index in [0.717, 1.165) is 19.4 Å². The molecular weight excluding hydrogens is 198 g/mol. The lowest BCUT2D eigenvalue weighted by Crippen LogP contribution is -2.23. The van der Waals surface area contributed by atoms with Crippen LogP contribution < -0.4 is 5.73 Å². The van der Waals surface area contributed by atoms with Crippen molar-refractivity contribution in [3.05, 3.63) is 35.4 Å². The summed E-state index contributed by atoms with van der Waals surface area (Å²) in [7, 11) is 0. The number of ether oxygens (including phenoxy) is 1. The van der Waals surface area contributed by atoms with Crippen LogP contribution in [0.5, 0.6) is 0 Å². The van der Waals surface area contributed by atoms with Crippen LogP contribution >= 0.6 is 0 Å². The van der Waals surface area contributed by atoms with Crippen molar-refractivity contribution in [2.75, 3.05) is 6.61 Å². The number of nitrogens with two attached hydrogens (primary N) is 1. The molecule has 0 saturated carbocycles. The minimum atomic E-state index is 0.105. The molecule has 1 heterocycles. The summed E-state index contributed by atoms with van der Waals surface area (Å²) < 4.78 is 5.65. The average molecular weight is 219 g/mol. The maximum absolute atomic E-state index is 6.00. The zero-order valence-corrected chi connectivity index (χ0v) is 10.1. The molecule has 0 spiro atoms. The van der Waals surface area contributed by atoms with E-state index in [1.165, 1.54) is 11.1 Å². The van der Waals surface area contributed by atoms with Crippen molar-refractivity contribution in [2.24, 2.45) is 11.7 Å². The third-order valence-corrected chi connectivity index (χ3v) is 3.09. The first-order chi connectivity index (χ1) is 7.66. The molecular formula is C14H21NO. The Morgan fingerprint density at radius 3 is 2.50 bits per heavy atom. The van der Waals surface area contributed by atoms with Gasteiger partial charge in [-0.2, -0.15) is 0 Å². The summed E-state index contributed by atoms with van der Waals surface area (Å²) >= 11 is 0. The van der Waals surface area contributed by atoms with E-state index in [2.05, 4.69) is 38.1 Å². The van der Waals surface area contributed by atoms with Gasteiger partial charge in [0.2, 0.25) is 0 Å². The van der Waals surface area contributed by atoms with Gasteiger partial charge in [0.05, 0.1) is 6.10 Å². The zero-order valence-electron chi connectivity index (χ0n) is 10.1. The van der Waals surface area contributed by atoms with Crippen LogP contribution in [0.4, 0.5) is 0 Å². The van der Waals surface area contributed by atoms with E-state index in [9.17, 15) is 0 Å². The normalized spacial score (nSPS) is 25.2. The van der Waals surface area contributed by atoms with Gasteiger partial charge in [0.25, 0.3) is 0 Å². The van der Waals surface area contributed by atoms with Gasteiger partial charge in [-0.15, -0.1) is 0 Å². The van der Waals surface area contributed by atoms with E-state index in [1.54, 1.807) is 0 Å². The van der Waals surface area contributed by atoms with Crippen molar-refractivity contribution >= 4 is 0 Å². The molecule has 1 saturated heterocycles. The molecule has 0 aromatic heterocycles. The minimum absolute atomic E-state index is 0.105. The third-order valence-electron chi connectivity index (χ3n) is 3.09. The lowest BCUT2D eigenvalue weighted by molar-refractivity contribution is 0.105. The summed E-state index contributed by atoms with van der Waals surface area (Å²) in [5.74, 6) is 0.704. The average Bonchev–Trinajstić information content (AvgIpc) is 2.65. The summed E-state index contributed by atoms with van der Waals surface area (Å²) in [6, 6.07) is 8.88. The van der Waals surface area contributed by atoms with Crippen LogP contribution in [0.2, 0.25) is 0 Å². The summed E-state index contributed by atoms with van der Waals surface area (Å²) in [6.07, 6.45) is 2.21. The fourth-order valence-corrected chi connectivity index (χ4v) is 2.26. The van der Waals surface area contributed by atoms with E-state index in [0.29, 0.717) is 5.92 Å². The summed E-state index contributed by atoms with van der Waals surface area (Å²) in [5, 5.41) is 0. The number of hydrogen-bond donors (Lipinski definition) is 1. The molecule has 1 aliphatic rings. The molecule has 0 amide bonds. The number of benzene rings is 1. The first-order valence-corrected chi connectivity index (χ1v) is 6.13. The van der Waals surface area contributed by atoms with Gasteiger partial charge in [0, 0.05) is 12.6 Å².